The van der Waals surface area contributed by atoms with Crippen LogP contribution in [-0.2, 0) is 0 Å². The Labute approximate surface area is 177 Å². The van der Waals surface area contributed by atoms with Crippen molar-refractivity contribution in [3.8, 4) is 0 Å². The van der Waals surface area contributed by atoms with Crippen LogP contribution in [0.4, 0.5) is 0 Å². The number of benzene rings is 2. The van der Waals surface area contributed by atoms with Gasteiger partial charge in [0.1, 0.15) is 0 Å². The van der Waals surface area contributed by atoms with Gasteiger partial charge < -0.3 is 0 Å². The summed E-state index contributed by atoms with van der Waals surface area (Å²) in [4.78, 5) is 0. The van der Waals surface area contributed by atoms with Crippen LogP contribution >= 0.6 is 0 Å². The second-order valence-corrected chi connectivity index (χ2v) is 10.4. The van der Waals surface area contributed by atoms with E-state index in [2.05, 4.69) is 104 Å². The molecule has 0 bridgehead atoms. The van der Waals surface area contributed by atoms with Gasteiger partial charge in [0, 0.05) is 11.8 Å². The number of rotatable bonds is 4. The second kappa shape index (κ2) is 7.01. The summed E-state index contributed by atoms with van der Waals surface area (Å²) in [5.74, 6) is 2.01. The van der Waals surface area contributed by atoms with E-state index in [0.29, 0.717) is 23.7 Å². The van der Waals surface area contributed by atoms with E-state index in [0.717, 1.165) is 0 Å². The molecule has 2 aromatic carbocycles. The molecule has 0 fully saturated rings. The quantitative estimate of drug-likeness (QED) is 0.496. The number of fused-ring (bicyclic) bond motifs is 2. The standard InChI is InChI=1S/C29H36/c1-17(2)25-19(5)27(23-15-11-9-13-21(23)25)29(7,8)28-20(6)26(18(3)4)22-14-10-12-16-24(22)28/h9-18,27-28H,1-8H3. The van der Waals surface area contributed by atoms with Gasteiger partial charge in [-0.2, -0.15) is 0 Å². The smallest absolute Gasteiger partial charge is 0.0118 e. The molecule has 2 atom stereocenters. The summed E-state index contributed by atoms with van der Waals surface area (Å²) in [5.41, 5.74) is 12.4. The average molecular weight is 385 g/mol. The third kappa shape index (κ3) is 2.87. The summed E-state index contributed by atoms with van der Waals surface area (Å²) in [6, 6.07) is 18.3. The SMILES string of the molecule is CC1=C(C(C)C)c2ccccc2C1C(C)(C)C1C(C)=C(C(C)C)c2ccccc21. The van der Waals surface area contributed by atoms with E-state index in [4.69, 9.17) is 0 Å². The lowest BCUT2D eigenvalue weighted by Gasteiger charge is -2.41. The minimum Gasteiger partial charge on any atom is -0.0619 e. The molecule has 0 aliphatic heterocycles. The van der Waals surface area contributed by atoms with Crippen molar-refractivity contribution >= 4 is 11.1 Å². The van der Waals surface area contributed by atoms with E-state index < -0.39 is 0 Å². The van der Waals surface area contributed by atoms with Crippen molar-refractivity contribution in [1.82, 2.24) is 0 Å². The molecule has 152 valence electrons. The molecule has 0 spiro atoms. The highest BCUT2D eigenvalue weighted by Gasteiger charge is 2.48. The highest BCUT2D eigenvalue weighted by Crippen LogP contribution is 2.61. The normalized spacial score (nSPS) is 21.4. The summed E-state index contributed by atoms with van der Waals surface area (Å²) in [6.07, 6.45) is 0. The summed E-state index contributed by atoms with van der Waals surface area (Å²) in [7, 11) is 0. The maximum Gasteiger partial charge on any atom is 0.0118 e. The van der Waals surface area contributed by atoms with E-state index in [1.165, 1.54) is 22.3 Å². The lowest BCUT2D eigenvalue weighted by molar-refractivity contribution is 0.274. The zero-order chi connectivity index (χ0) is 21.1. The zero-order valence-corrected chi connectivity index (χ0v) is 19.4. The first-order chi connectivity index (χ1) is 13.7. The van der Waals surface area contributed by atoms with Crippen LogP contribution in [0.2, 0.25) is 0 Å². The predicted octanol–water partition coefficient (Wildman–Crippen LogP) is 8.47. The first-order valence-corrected chi connectivity index (χ1v) is 11.3. The Morgan fingerprint density at radius 3 is 1.31 bits per heavy atom. The molecule has 2 aromatic rings. The molecule has 2 unspecified atom stereocenters. The van der Waals surface area contributed by atoms with Crippen LogP contribution in [0.15, 0.2) is 59.7 Å². The van der Waals surface area contributed by atoms with E-state index >= 15 is 0 Å². The Kier molecular flexibility index (Phi) is 4.88. The van der Waals surface area contributed by atoms with Gasteiger partial charge in [-0.3, -0.25) is 0 Å². The van der Waals surface area contributed by atoms with Crippen LogP contribution in [0.1, 0.15) is 89.5 Å². The van der Waals surface area contributed by atoms with E-state index in [-0.39, 0.29) is 5.41 Å². The van der Waals surface area contributed by atoms with Gasteiger partial charge in [0.15, 0.2) is 0 Å². The molecular weight excluding hydrogens is 348 g/mol. The van der Waals surface area contributed by atoms with Crippen molar-refractivity contribution in [2.75, 3.05) is 0 Å². The Morgan fingerprint density at radius 2 is 0.966 bits per heavy atom. The van der Waals surface area contributed by atoms with Gasteiger partial charge in [0.05, 0.1) is 0 Å². The molecular formula is C29H36. The highest BCUT2D eigenvalue weighted by molar-refractivity contribution is 5.82. The van der Waals surface area contributed by atoms with Gasteiger partial charge in [0.25, 0.3) is 0 Å². The van der Waals surface area contributed by atoms with Crippen molar-refractivity contribution in [2.24, 2.45) is 17.3 Å². The van der Waals surface area contributed by atoms with Crippen molar-refractivity contribution in [1.29, 1.82) is 0 Å². The molecule has 0 saturated heterocycles. The summed E-state index contributed by atoms with van der Waals surface area (Å²) in [6.45, 7) is 19.2. The monoisotopic (exact) mass is 384 g/mol. The van der Waals surface area contributed by atoms with E-state index in [1.807, 2.05) is 0 Å². The third-order valence-electron chi connectivity index (χ3n) is 7.48. The second-order valence-electron chi connectivity index (χ2n) is 10.4. The minimum atomic E-state index is 0.105. The zero-order valence-electron chi connectivity index (χ0n) is 19.4. The van der Waals surface area contributed by atoms with E-state index in [1.54, 1.807) is 22.3 Å². The topological polar surface area (TPSA) is 0 Å². The van der Waals surface area contributed by atoms with Gasteiger partial charge in [0.2, 0.25) is 0 Å². The third-order valence-corrected chi connectivity index (χ3v) is 7.48. The van der Waals surface area contributed by atoms with Crippen molar-refractivity contribution < 1.29 is 0 Å². The fraction of sp³-hybridized carbons (Fsp3) is 0.448. The van der Waals surface area contributed by atoms with Crippen LogP contribution in [-0.4, -0.2) is 0 Å². The minimum absolute atomic E-state index is 0.105. The molecule has 0 aromatic heterocycles. The molecule has 2 aliphatic carbocycles. The number of allylic oxidation sites excluding steroid dienone is 4. The van der Waals surface area contributed by atoms with Gasteiger partial charge >= 0.3 is 0 Å². The van der Waals surface area contributed by atoms with Crippen LogP contribution in [0, 0.1) is 17.3 Å². The average Bonchev–Trinajstić information content (AvgIpc) is 3.12. The Hall–Kier alpha value is -2.08. The summed E-state index contributed by atoms with van der Waals surface area (Å²) >= 11 is 0. The molecule has 0 saturated carbocycles. The van der Waals surface area contributed by atoms with Gasteiger partial charge in [-0.05, 0) is 64.5 Å². The van der Waals surface area contributed by atoms with Crippen molar-refractivity contribution in [3.63, 3.8) is 0 Å². The first kappa shape index (κ1) is 20.2. The van der Waals surface area contributed by atoms with Crippen molar-refractivity contribution in [3.05, 3.63) is 81.9 Å². The lowest BCUT2D eigenvalue weighted by Crippen LogP contribution is -2.29. The molecule has 0 radical (unpaired) electrons. The molecule has 29 heavy (non-hydrogen) atoms. The first-order valence-electron chi connectivity index (χ1n) is 11.3. The van der Waals surface area contributed by atoms with Crippen LogP contribution in [0.3, 0.4) is 0 Å². The number of hydrogen-bond acceptors (Lipinski definition) is 0. The molecule has 0 nitrogen and oxygen atoms in total. The summed E-state index contributed by atoms with van der Waals surface area (Å²) < 4.78 is 0. The Balaban J connectivity index is 1.92. The van der Waals surface area contributed by atoms with Gasteiger partial charge in [-0.15, -0.1) is 0 Å². The lowest BCUT2D eigenvalue weighted by atomic mass is 9.62. The number of hydrogen-bond donors (Lipinski definition) is 0. The highest BCUT2D eigenvalue weighted by atomic mass is 14.5. The molecule has 0 N–H and O–H groups in total. The molecule has 0 heterocycles. The Bertz CT molecular complexity index is 928. The Morgan fingerprint density at radius 1 is 0.621 bits per heavy atom. The van der Waals surface area contributed by atoms with Crippen LogP contribution in [0.5, 0.6) is 0 Å². The van der Waals surface area contributed by atoms with Crippen LogP contribution < -0.4 is 0 Å². The molecule has 2 aliphatic rings. The van der Waals surface area contributed by atoms with E-state index in [9.17, 15) is 0 Å². The van der Waals surface area contributed by atoms with Crippen LogP contribution in [0.25, 0.3) is 11.1 Å². The molecule has 0 heteroatoms. The molecule has 0 amide bonds. The predicted molar refractivity (Wildman–Crippen MR) is 127 cm³/mol. The fourth-order valence-electron chi connectivity index (χ4n) is 6.81. The maximum absolute atomic E-state index is 2.51. The molecule has 4 rings (SSSR count). The largest absolute Gasteiger partial charge is 0.0619 e. The van der Waals surface area contributed by atoms with Crippen molar-refractivity contribution in [2.45, 2.75) is 67.2 Å². The summed E-state index contributed by atoms with van der Waals surface area (Å²) in [5, 5.41) is 0. The fourth-order valence-corrected chi connectivity index (χ4v) is 6.81. The maximum atomic E-state index is 2.51. The van der Waals surface area contributed by atoms with Gasteiger partial charge in [-0.25, -0.2) is 0 Å². The van der Waals surface area contributed by atoms with Gasteiger partial charge in [-0.1, -0.05) is 101 Å².